The van der Waals surface area contributed by atoms with Gasteiger partial charge < -0.3 is 17.2 Å². The highest BCUT2D eigenvalue weighted by atomic mass is 32.2. The Kier molecular flexibility index (Phi) is 3.38. The summed E-state index contributed by atoms with van der Waals surface area (Å²) in [7, 11) is -4.44. The fraction of sp³-hybridized carbons (Fsp3) is 0. The van der Waals surface area contributed by atoms with Gasteiger partial charge in [-0.15, -0.1) is 0 Å². The molecule has 2 aromatic rings. The van der Waals surface area contributed by atoms with Crippen LogP contribution < -0.4 is 17.2 Å². The molecule has 0 bridgehead atoms. The molecule has 0 aliphatic heterocycles. The summed E-state index contributed by atoms with van der Waals surface area (Å²) in [5.41, 5.74) is 16.9. The van der Waals surface area contributed by atoms with Gasteiger partial charge in [0.1, 0.15) is 22.3 Å². The maximum Gasteiger partial charge on any atom is 0.296 e. The van der Waals surface area contributed by atoms with Crippen molar-refractivity contribution in [3.8, 4) is 17.3 Å². The highest BCUT2D eigenvalue weighted by molar-refractivity contribution is 7.86. The molecule has 108 valence electrons. The molecule has 0 saturated heterocycles. The maximum absolute atomic E-state index is 11.1. The zero-order valence-corrected chi connectivity index (χ0v) is 11.3. The van der Waals surface area contributed by atoms with Crippen molar-refractivity contribution in [2.45, 2.75) is 4.90 Å². The van der Waals surface area contributed by atoms with E-state index >= 15 is 0 Å². The van der Waals surface area contributed by atoms with Crippen LogP contribution in [0.4, 0.5) is 17.5 Å². The Hall–Kier alpha value is -2.90. The monoisotopic (exact) mass is 306 g/mol. The lowest BCUT2D eigenvalue weighted by molar-refractivity contribution is 0.483. The minimum absolute atomic E-state index is 0.0109. The quantitative estimate of drug-likeness (QED) is 0.438. The molecule has 0 fully saturated rings. The Morgan fingerprint density at radius 1 is 1.19 bits per heavy atom. The first-order valence-electron chi connectivity index (χ1n) is 5.44. The fourth-order valence-electron chi connectivity index (χ4n) is 1.75. The molecule has 1 aromatic carbocycles. The molecule has 10 heteroatoms. The third-order valence-electron chi connectivity index (χ3n) is 2.63. The lowest BCUT2D eigenvalue weighted by atomic mass is 10.1. The van der Waals surface area contributed by atoms with Crippen LogP contribution >= 0.6 is 0 Å². The fourth-order valence-corrected chi connectivity index (χ4v) is 2.34. The van der Waals surface area contributed by atoms with Gasteiger partial charge in [-0.3, -0.25) is 4.55 Å². The van der Waals surface area contributed by atoms with Gasteiger partial charge >= 0.3 is 0 Å². The lowest BCUT2D eigenvalue weighted by Gasteiger charge is -2.09. The van der Waals surface area contributed by atoms with Crippen LogP contribution in [0.1, 0.15) is 5.56 Å². The molecule has 0 radical (unpaired) electrons. The molecule has 0 aliphatic rings. The standard InChI is InChI=1S/C11H10N6O3S/c12-4-6-9(16-11(15)17-10(6)14)5-1-2-8(7(13)3-5)21(18,19)20/h1-3H,13H2,(H,18,19,20)(H4,14,15,16,17). The average Bonchev–Trinajstić information content (AvgIpc) is 2.36. The summed E-state index contributed by atoms with van der Waals surface area (Å²) in [4.78, 5) is 7.12. The highest BCUT2D eigenvalue weighted by Crippen LogP contribution is 2.29. The van der Waals surface area contributed by atoms with E-state index in [1.165, 1.54) is 12.1 Å². The summed E-state index contributed by atoms with van der Waals surface area (Å²) in [5, 5.41) is 9.09. The van der Waals surface area contributed by atoms with Gasteiger partial charge in [-0.05, 0) is 12.1 Å². The van der Waals surface area contributed by atoms with Crippen LogP contribution in [0.5, 0.6) is 0 Å². The van der Waals surface area contributed by atoms with E-state index in [9.17, 15) is 8.42 Å². The normalized spacial score (nSPS) is 11.0. The number of aromatic nitrogens is 2. The van der Waals surface area contributed by atoms with Crippen molar-refractivity contribution in [3.05, 3.63) is 23.8 Å². The SMILES string of the molecule is N#Cc1c(N)nc(N)nc1-c1ccc(S(=O)(=O)O)c(N)c1. The first kappa shape index (κ1) is 14.5. The number of hydrogen-bond acceptors (Lipinski definition) is 8. The number of nitriles is 1. The topological polar surface area (TPSA) is 182 Å². The van der Waals surface area contributed by atoms with Crippen molar-refractivity contribution in [2.24, 2.45) is 0 Å². The van der Waals surface area contributed by atoms with Crippen molar-refractivity contribution < 1.29 is 13.0 Å². The second kappa shape index (κ2) is 4.89. The van der Waals surface area contributed by atoms with Crippen LogP contribution in [-0.4, -0.2) is 22.9 Å². The Morgan fingerprint density at radius 2 is 1.86 bits per heavy atom. The van der Waals surface area contributed by atoms with E-state index in [0.29, 0.717) is 5.56 Å². The van der Waals surface area contributed by atoms with Gasteiger partial charge in [0.2, 0.25) is 5.95 Å². The van der Waals surface area contributed by atoms with Gasteiger partial charge in [0.05, 0.1) is 11.4 Å². The summed E-state index contributed by atoms with van der Waals surface area (Å²) in [6.07, 6.45) is 0. The van der Waals surface area contributed by atoms with E-state index < -0.39 is 15.0 Å². The van der Waals surface area contributed by atoms with Gasteiger partial charge in [0, 0.05) is 5.56 Å². The van der Waals surface area contributed by atoms with E-state index in [2.05, 4.69) is 9.97 Å². The van der Waals surface area contributed by atoms with Crippen LogP contribution in [0.2, 0.25) is 0 Å². The molecule has 1 aromatic heterocycles. The molecule has 0 amide bonds. The third-order valence-corrected chi connectivity index (χ3v) is 3.55. The molecule has 0 atom stereocenters. The lowest BCUT2D eigenvalue weighted by Crippen LogP contribution is -2.06. The highest BCUT2D eigenvalue weighted by Gasteiger charge is 2.18. The first-order chi connectivity index (χ1) is 9.74. The number of nitrogens with zero attached hydrogens (tertiary/aromatic N) is 3. The van der Waals surface area contributed by atoms with Gasteiger partial charge in [0.25, 0.3) is 10.1 Å². The van der Waals surface area contributed by atoms with E-state index in [-0.39, 0.29) is 28.7 Å². The predicted octanol–water partition coefficient (Wildman–Crippen LogP) is 0.00858. The van der Waals surface area contributed by atoms with Gasteiger partial charge in [-0.25, -0.2) is 4.98 Å². The first-order valence-corrected chi connectivity index (χ1v) is 6.88. The van der Waals surface area contributed by atoms with E-state index in [1.807, 2.05) is 6.07 Å². The van der Waals surface area contributed by atoms with Crippen molar-refractivity contribution in [1.82, 2.24) is 9.97 Å². The zero-order chi connectivity index (χ0) is 15.8. The number of benzene rings is 1. The van der Waals surface area contributed by atoms with E-state index in [1.54, 1.807) is 0 Å². The number of nitrogen functional groups attached to an aromatic ring is 3. The molecule has 2 rings (SSSR count). The molecular formula is C11H10N6O3S. The molecule has 0 spiro atoms. The van der Waals surface area contributed by atoms with Crippen molar-refractivity contribution >= 4 is 27.6 Å². The molecule has 21 heavy (non-hydrogen) atoms. The molecule has 0 saturated carbocycles. The van der Waals surface area contributed by atoms with Gasteiger partial charge in [-0.2, -0.15) is 18.7 Å². The Labute approximate surface area is 119 Å². The van der Waals surface area contributed by atoms with Crippen LogP contribution in [-0.2, 0) is 10.1 Å². The Bertz CT molecular complexity index is 872. The summed E-state index contributed by atoms with van der Waals surface area (Å²) >= 11 is 0. The number of anilines is 3. The van der Waals surface area contributed by atoms with Crippen molar-refractivity contribution in [1.29, 1.82) is 5.26 Å². The summed E-state index contributed by atoms with van der Waals surface area (Å²) in [5.74, 6) is -0.239. The smallest absolute Gasteiger partial charge is 0.296 e. The van der Waals surface area contributed by atoms with Crippen LogP contribution in [0.3, 0.4) is 0 Å². The number of nitrogens with two attached hydrogens (primary N) is 3. The van der Waals surface area contributed by atoms with E-state index in [4.69, 9.17) is 27.0 Å². The second-order valence-electron chi connectivity index (χ2n) is 4.03. The van der Waals surface area contributed by atoms with E-state index in [0.717, 1.165) is 6.07 Å². The van der Waals surface area contributed by atoms with Crippen LogP contribution in [0.25, 0.3) is 11.3 Å². The summed E-state index contributed by atoms with van der Waals surface area (Å²) < 4.78 is 31.2. The minimum Gasteiger partial charge on any atom is -0.398 e. The molecule has 0 aliphatic carbocycles. The maximum atomic E-state index is 11.1. The molecular weight excluding hydrogens is 296 g/mol. The second-order valence-corrected chi connectivity index (χ2v) is 5.42. The predicted molar refractivity (Wildman–Crippen MR) is 75.2 cm³/mol. The number of rotatable bonds is 2. The van der Waals surface area contributed by atoms with Gasteiger partial charge in [0.15, 0.2) is 0 Å². The Balaban J connectivity index is 2.70. The average molecular weight is 306 g/mol. The molecule has 1 heterocycles. The van der Waals surface area contributed by atoms with Crippen molar-refractivity contribution in [2.75, 3.05) is 17.2 Å². The molecule has 0 unspecified atom stereocenters. The van der Waals surface area contributed by atoms with Crippen LogP contribution in [0, 0.1) is 11.3 Å². The Morgan fingerprint density at radius 3 is 2.38 bits per heavy atom. The minimum atomic E-state index is -4.44. The largest absolute Gasteiger partial charge is 0.398 e. The van der Waals surface area contributed by atoms with Crippen molar-refractivity contribution in [3.63, 3.8) is 0 Å². The molecule has 9 nitrogen and oxygen atoms in total. The third kappa shape index (κ3) is 2.69. The summed E-state index contributed by atoms with van der Waals surface area (Å²) in [6.45, 7) is 0. The summed E-state index contributed by atoms with van der Waals surface area (Å²) in [6, 6.07) is 5.49. The van der Waals surface area contributed by atoms with Crippen LogP contribution in [0.15, 0.2) is 23.1 Å². The molecule has 7 N–H and O–H groups in total. The number of hydrogen-bond donors (Lipinski definition) is 4. The zero-order valence-electron chi connectivity index (χ0n) is 10.5. The van der Waals surface area contributed by atoms with Gasteiger partial charge in [-0.1, -0.05) is 6.07 Å².